The van der Waals surface area contributed by atoms with Crippen LogP contribution in [0.3, 0.4) is 0 Å². The summed E-state index contributed by atoms with van der Waals surface area (Å²) in [6, 6.07) is 7.11. The fraction of sp³-hybridized carbons (Fsp3) is 0.500. The lowest BCUT2D eigenvalue weighted by Gasteiger charge is -2.06. The Kier molecular flexibility index (Phi) is 5.29. The number of hydrogen-bond acceptors (Lipinski definition) is 2. The van der Waals surface area contributed by atoms with Crippen molar-refractivity contribution in [1.29, 1.82) is 0 Å². The molecule has 2 nitrogen and oxygen atoms in total. The molecule has 0 aromatic heterocycles. The van der Waals surface area contributed by atoms with Gasteiger partial charge in [0.15, 0.2) is 9.84 Å². The standard InChI is InChI=1S/C12H17ClO2S/c1-11-7-3-4-8-12(11)16(14,15)10-6-2-5-9-13/h3-4,7-8H,2,5-6,9-10H2,1H3. The molecular weight excluding hydrogens is 244 g/mol. The summed E-state index contributed by atoms with van der Waals surface area (Å²) in [5, 5.41) is 0. The maximum absolute atomic E-state index is 12.0. The maximum atomic E-state index is 12.0. The molecule has 0 saturated carbocycles. The molecule has 0 aliphatic carbocycles. The first kappa shape index (κ1) is 13.5. The molecule has 0 bridgehead atoms. The van der Waals surface area contributed by atoms with Gasteiger partial charge in [-0.05, 0) is 31.4 Å². The minimum absolute atomic E-state index is 0.217. The van der Waals surface area contributed by atoms with Crippen molar-refractivity contribution in [2.24, 2.45) is 0 Å². The molecule has 0 fully saturated rings. The van der Waals surface area contributed by atoms with Crippen molar-refractivity contribution in [1.82, 2.24) is 0 Å². The van der Waals surface area contributed by atoms with Gasteiger partial charge in [-0.3, -0.25) is 0 Å². The van der Waals surface area contributed by atoms with Crippen LogP contribution in [0.25, 0.3) is 0 Å². The third-order valence-electron chi connectivity index (χ3n) is 2.48. The molecule has 0 N–H and O–H groups in total. The number of rotatable bonds is 6. The molecule has 0 aliphatic heterocycles. The number of hydrogen-bond donors (Lipinski definition) is 0. The zero-order chi connectivity index (χ0) is 12.0. The van der Waals surface area contributed by atoms with Crippen LogP contribution in [0.4, 0.5) is 0 Å². The van der Waals surface area contributed by atoms with Crippen molar-refractivity contribution in [3.63, 3.8) is 0 Å². The predicted molar refractivity (Wildman–Crippen MR) is 67.8 cm³/mol. The zero-order valence-electron chi connectivity index (χ0n) is 9.45. The molecule has 1 aromatic rings. The summed E-state index contributed by atoms with van der Waals surface area (Å²) in [6.07, 6.45) is 2.43. The van der Waals surface area contributed by atoms with E-state index in [2.05, 4.69) is 0 Å². The first-order valence-corrected chi connectivity index (χ1v) is 7.61. The monoisotopic (exact) mass is 260 g/mol. The van der Waals surface area contributed by atoms with Crippen molar-refractivity contribution < 1.29 is 8.42 Å². The molecule has 0 spiro atoms. The largest absolute Gasteiger partial charge is 0.224 e. The summed E-state index contributed by atoms with van der Waals surface area (Å²) in [7, 11) is -3.11. The van der Waals surface area contributed by atoms with Gasteiger partial charge in [-0.25, -0.2) is 8.42 Å². The topological polar surface area (TPSA) is 34.1 Å². The molecule has 0 atom stereocenters. The average molecular weight is 261 g/mol. The fourth-order valence-electron chi connectivity index (χ4n) is 1.58. The number of sulfone groups is 1. The van der Waals surface area contributed by atoms with Gasteiger partial charge in [-0.1, -0.05) is 24.6 Å². The highest BCUT2D eigenvalue weighted by Gasteiger charge is 2.15. The third kappa shape index (κ3) is 3.80. The van der Waals surface area contributed by atoms with E-state index >= 15 is 0 Å². The van der Waals surface area contributed by atoms with E-state index in [1.165, 1.54) is 0 Å². The summed E-state index contributed by atoms with van der Waals surface area (Å²) in [4.78, 5) is 0.459. The molecule has 0 amide bonds. The molecule has 0 saturated heterocycles. The minimum atomic E-state index is -3.11. The average Bonchev–Trinajstić information content (AvgIpc) is 2.25. The number of unbranched alkanes of at least 4 members (excludes halogenated alkanes) is 2. The minimum Gasteiger partial charge on any atom is -0.224 e. The van der Waals surface area contributed by atoms with E-state index in [-0.39, 0.29) is 5.75 Å². The molecule has 1 rings (SSSR count). The van der Waals surface area contributed by atoms with Crippen LogP contribution in [0.5, 0.6) is 0 Å². The van der Waals surface area contributed by atoms with E-state index in [4.69, 9.17) is 11.6 Å². The van der Waals surface area contributed by atoms with Crippen LogP contribution in [0.15, 0.2) is 29.2 Å². The summed E-state index contributed by atoms with van der Waals surface area (Å²) >= 11 is 5.54. The van der Waals surface area contributed by atoms with Gasteiger partial charge in [0.25, 0.3) is 0 Å². The predicted octanol–water partition coefficient (Wildman–Crippen LogP) is 3.18. The van der Waals surface area contributed by atoms with Crippen molar-refractivity contribution in [2.75, 3.05) is 11.6 Å². The van der Waals surface area contributed by atoms with Crippen LogP contribution in [0.1, 0.15) is 24.8 Å². The van der Waals surface area contributed by atoms with E-state index < -0.39 is 9.84 Å². The molecule has 0 unspecified atom stereocenters. The number of aryl methyl sites for hydroxylation is 1. The zero-order valence-corrected chi connectivity index (χ0v) is 11.0. The van der Waals surface area contributed by atoms with Crippen LogP contribution in [-0.4, -0.2) is 20.1 Å². The van der Waals surface area contributed by atoms with Crippen molar-refractivity contribution in [2.45, 2.75) is 31.1 Å². The molecule has 1 aromatic carbocycles. The van der Waals surface area contributed by atoms with Gasteiger partial charge in [0.05, 0.1) is 10.6 Å². The van der Waals surface area contributed by atoms with Crippen molar-refractivity contribution in [3.8, 4) is 0 Å². The third-order valence-corrected chi connectivity index (χ3v) is 4.70. The van der Waals surface area contributed by atoms with Crippen LogP contribution >= 0.6 is 11.6 Å². The fourth-order valence-corrected chi connectivity index (χ4v) is 3.42. The molecular formula is C12H17ClO2S. The Morgan fingerprint density at radius 1 is 1.12 bits per heavy atom. The molecule has 0 heterocycles. The SMILES string of the molecule is Cc1ccccc1S(=O)(=O)CCCCCCl. The first-order valence-electron chi connectivity index (χ1n) is 5.42. The van der Waals surface area contributed by atoms with Crippen molar-refractivity contribution >= 4 is 21.4 Å². The highest BCUT2D eigenvalue weighted by atomic mass is 35.5. The molecule has 4 heteroatoms. The van der Waals surface area contributed by atoms with Crippen LogP contribution < -0.4 is 0 Å². The van der Waals surface area contributed by atoms with Crippen LogP contribution in [0, 0.1) is 6.92 Å². The lowest BCUT2D eigenvalue weighted by molar-refractivity contribution is 0.590. The van der Waals surface area contributed by atoms with Crippen LogP contribution in [0.2, 0.25) is 0 Å². The van der Waals surface area contributed by atoms with E-state index in [0.717, 1.165) is 18.4 Å². The summed E-state index contributed by atoms with van der Waals surface area (Å²) < 4.78 is 24.0. The number of alkyl halides is 1. The second-order valence-corrected chi connectivity index (χ2v) is 6.29. The van der Waals surface area contributed by atoms with E-state index in [0.29, 0.717) is 17.2 Å². The van der Waals surface area contributed by atoms with Gasteiger partial charge >= 0.3 is 0 Å². The number of benzene rings is 1. The second-order valence-electron chi connectivity index (χ2n) is 3.83. The van der Waals surface area contributed by atoms with E-state index in [1.807, 2.05) is 19.1 Å². The molecule has 0 aliphatic rings. The molecule has 16 heavy (non-hydrogen) atoms. The highest BCUT2D eigenvalue weighted by Crippen LogP contribution is 2.17. The second kappa shape index (κ2) is 6.26. The molecule has 0 radical (unpaired) electrons. The lowest BCUT2D eigenvalue weighted by Crippen LogP contribution is -2.08. The van der Waals surface area contributed by atoms with Gasteiger partial charge in [-0.15, -0.1) is 11.6 Å². The van der Waals surface area contributed by atoms with Gasteiger partial charge in [0, 0.05) is 5.88 Å². The normalized spacial score (nSPS) is 11.6. The highest BCUT2D eigenvalue weighted by molar-refractivity contribution is 7.91. The molecule has 90 valence electrons. The van der Waals surface area contributed by atoms with Gasteiger partial charge in [-0.2, -0.15) is 0 Å². The summed E-state index contributed by atoms with van der Waals surface area (Å²) in [6.45, 7) is 1.83. The van der Waals surface area contributed by atoms with Gasteiger partial charge in [0.1, 0.15) is 0 Å². The van der Waals surface area contributed by atoms with E-state index in [1.54, 1.807) is 12.1 Å². The Hall–Kier alpha value is -0.540. The number of halogens is 1. The Morgan fingerprint density at radius 2 is 1.81 bits per heavy atom. The van der Waals surface area contributed by atoms with Crippen LogP contribution in [-0.2, 0) is 9.84 Å². The first-order chi connectivity index (χ1) is 7.58. The quantitative estimate of drug-likeness (QED) is 0.582. The maximum Gasteiger partial charge on any atom is 0.178 e. The Morgan fingerprint density at radius 3 is 2.44 bits per heavy atom. The summed E-state index contributed by atoms with van der Waals surface area (Å²) in [5.41, 5.74) is 0.819. The Bertz CT molecular complexity index is 426. The van der Waals surface area contributed by atoms with Crippen molar-refractivity contribution in [3.05, 3.63) is 29.8 Å². The Labute approximate surface area is 103 Å². The smallest absolute Gasteiger partial charge is 0.178 e. The van der Waals surface area contributed by atoms with Gasteiger partial charge < -0.3 is 0 Å². The Balaban J connectivity index is 2.68. The van der Waals surface area contributed by atoms with E-state index in [9.17, 15) is 8.42 Å². The lowest BCUT2D eigenvalue weighted by atomic mass is 10.2. The summed E-state index contributed by atoms with van der Waals surface area (Å²) in [5.74, 6) is 0.819. The van der Waals surface area contributed by atoms with Gasteiger partial charge in [0.2, 0.25) is 0 Å².